The molecule has 8 heteroatoms. The summed E-state index contributed by atoms with van der Waals surface area (Å²) < 4.78 is 40.2. The third-order valence-corrected chi connectivity index (χ3v) is 2.26. The lowest BCUT2D eigenvalue weighted by molar-refractivity contribution is -0.154. The molecule has 0 aliphatic rings. The first kappa shape index (κ1) is 16.2. The van der Waals surface area contributed by atoms with Crippen molar-refractivity contribution in [3.63, 3.8) is 0 Å². The van der Waals surface area contributed by atoms with Gasteiger partial charge in [-0.15, -0.1) is 0 Å². The van der Waals surface area contributed by atoms with Crippen LogP contribution in [-0.4, -0.2) is 30.2 Å². The second kappa shape index (κ2) is 7.68. The maximum absolute atomic E-state index is 11.9. The van der Waals surface area contributed by atoms with Crippen molar-refractivity contribution in [2.24, 2.45) is 5.73 Å². The second-order valence-corrected chi connectivity index (χ2v) is 4.08. The molecule has 0 unspecified atom stereocenters. The van der Waals surface area contributed by atoms with Crippen LogP contribution in [0.4, 0.5) is 18.9 Å². The van der Waals surface area contributed by atoms with E-state index in [1.165, 1.54) is 18.3 Å². The lowest BCUT2D eigenvalue weighted by Crippen LogP contribution is -2.19. The summed E-state index contributed by atoms with van der Waals surface area (Å²) in [4.78, 5) is 15.1. The Morgan fingerprint density at radius 2 is 2.10 bits per heavy atom. The predicted molar refractivity (Wildman–Crippen MR) is 67.3 cm³/mol. The van der Waals surface area contributed by atoms with E-state index in [0.29, 0.717) is 25.1 Å². The Morgan fingerprint density at radius 1 is 1.35 bits per heavy atom. The number of rotatable bonds is 7. The van der Waals surface area contributed by atoms with Gasteiger partial charge >= 0.3 is 6.18 Å². The number of hydrogen-bond donors (Lipinski definition) is 2. The first-order chi connectivity index (χ1) is 9.40. The Kier molecular flexibility index (Phi) is 6.23. The molecule has 0 radical (unpaired) electrons. The normalized spacial score (nSPS) is 11.2. The van der Waals surface area contributed by atoms with E-state index in [2.05, 4.69) is 15.0 Å². The van der Waals surface area contributed by atoms with Gasteiger partial charge < -0.3 is 15.8 Å². The van der Waals surface area contributed by atoms with E-state index in [1.54, 1.807) is 0 Å². The highest BCUT2D eigenvalue weighted by Gasteiger charge is 2.28. The largest absolute Gasteiger partial charge is 0.468 e. The standard InChI is InChI=1S/C12H16F3N3O2/c13-12(14,15)8-20-11-5-4-9(7-17-11)18-10(19)3-1-2-6-16/h4-5,7H,1-3,6,8,16H2,(H,18,19). The lowest BCUT2D eigenvalue weighted by atomic mass is 10.2. The van der Waals surface area contributed by atoms with Gasteiger partial charge in [-0.3, -0.25) is 4.79 Å². The van der Waals surface area contributed by atoms with E-state index in [9.17, 15) is 18.0 Å². The van der Waals surface area contributed by atoms with Crippen LogP contribution in [0, 0.1) is 0 Å². The highest BCUT2D eigenvalue weighted by molar-refractivity contribution is 5.90. The molecule has 3 N–H and O–H groups in total. The number of carbonyl (C=O) groups excluding carboxylic acids is 1. The van der Waals surface area contributed by atoms with Gasteiger partial charge in [0.25, 0.3) is 0 Å². The topological polar surface area (TPSA) is 77.2 Å². The molecule has 0 spiro atoms. The van der Waals surface area contributed by atoms with Crippen LogP contribution in [0.3, 0.4) is 0 Å². The molecule has 0 saturated carbocycles. The highest BCUT2D eigenvalue weighted by Crippen LogP contribution is 2.18. The molecule has 112 valence electrons. The Balaban J connectivity index is 2.40. The number of halogens is 3. The number of unbranched alkanes of at least 4 members (excludes halogenated alkanes) is 1. The predicted octanol–water partition coefficient (Wildman–Crippen LogP) is 2.09. The van der Waals surface area contributed by atoms with Gasteiger partial charge in [-0.25, -0.2) is 4.98 Å². The quantitative estimate of drug-likeness (QED) is 0.754. The molecule has 1 aromatic heterocycles. The fraction of sp³-hybridized carbons (Fsp3) is 0.500. The van der Waals surface area contributed by atoms with Crippen molar-refractivity contribution >= 4 is 11.6 Å². The van der Waals surface area contributed by atoms with Crippen LogP contribution in [0.15, 0.2) is 18.3 Å². The van der Waals surface area contributed by atoms with Crippen LogP contribution in [0.1, 0.15) is 19.3 Å². The summed E-state index contributed by atoms with van der Waals surface area (Å²) in [5.74, 6) is -0.340. The van der Waals surface area contributed by atoms with Crippen molar-refractivity contribution in [1.82, 2.24) is 4.98 Å². The second-order valence-electron chi connectivity index (χ2n) is 4.08. The van der Waals surface area contributed by atoms with Crippen LogP contribution < -0.4 is 15.8 Å². The number of hydrogen-bond acceptors (Lipinski definition) is 4. The van der Waals surface area contributed by atoms with Crippen LogP contribution in [0.5, 0.6) is 5.88 Å². The zero-order chi connectivity index (χ0) is 15.0. The Labute approximate surface area is 114 Å². The maximum Gasteiger partial charge on any atom is 0.422 e. The molecule has 0 saturated heterocycles. The zero-order valence-electron chi connectivity index (χ0n) is 10.7. The average Bonchev–Trinajstić information content (AvgIpc) is 2.37. The summed E-state index contributed by atoms with van der Waals surface area (Å²) in [6, 6.07) is 2.70. The van der Waals surface area contributed by atoms with Crippen molar-refractivity contribution in [3.8, 4) is 5.88 Å². The van der Waals surface area contributed by atoms with Crippen LogP contribution >= 0.6 is 0 Å². The summed E-state index contributed by atoms with van der Waals surface area (Å²) in [5, 5.41) is 2.58. The summed E-state index contributed by atoms with van der Waals surface area (Å²) in [6.45, 7) is -0.870. The summed E-state index contributed by atoms with van der Waals surface area (Å²) in [6.07, 6.45) is -1.38. The Hall–Kier alpha value is -1.83. The van der Waals surface area contributed by atoms with E-state index < -0.39 is 12.8 Å². The zero-order valence-corrected chi connectivity index (χ0v) is 10.7. The van der Waals surface area contributed by atoms with Crippen LogP contribution in [-0.2, 0) is 4.79 Å². The van der Waals surface area contributed by atoms with Crippen molar-refractivity contribution in [2.45, 2.75) is 25.4 Å². The number of nitrogens with zero attached hydrogens (tertiary/aromatic N) is 1. The number of aromatic nitrogens is 1. The summed E-state index contributed by atoms with van der Waals surface area (Å²) >= 11 is 0. The number of nitrogens with one attached hydrogen (secondary N) is 1. The molecule has 1 amide bonds. The molecule has 0 bridgehead atoms. The van der Waals surface area contributed by atoms with Gasteiger partial charge in [0.05, 0.1) is 11.9 Å². The minimum atomic E-state index is -4.41. The number of alkyl halides is 3. The van der Waals surface area contributed by atoms with E-state index >= 15 is 0 Å². The van der Waals surface area contributed by atoms with E-state index in [1.807, 2.05) is 0 Å². The van der Waals surface area contributed by atoms with Gasteiger partial charge in [0.1, 0.15) is 0 Å². The Bertz CT molecular complexity index is 421. The van der Waals surface area contributed by atoms with Crippen molar-refractivity contribution in [3.05, 3.63) is 18.3 Å². The first-order valence-corrected chi connectivity index (χ1v) is 6.06. The summed E-state index contributed by atoms with van der Waals surface area (Å²) in [5.41, 5.74) is 5.71. The molecule has 20 heavy (non-hydrogen) atoms. The van der Waals surface area contributed by atoms with Crippen molar-refractivity contribution in [1.29, 1.82) is 0 Å². The lowest BCUT2D eigenvalue weighted by Gasteiger charge is -2.09. The third kappa shape index (κ3) is 6.93. The molecular formula is C12H16F3N3O2. The molecule has 0 aromatic carbocycles. The van der Waals surface area contributed by atoms with Gasteiger partial charge in [-0.2, -0.15) is 13.2 Å². The molecule has 0 fully saturated rings. The molecule has 0 atom stereocenters. The van der Waals surface area contributed by atoms with E-state index in [0.717, 1.165) is 6.42 Å². The van der Waals surface area contributed by atoms with Crippen molar-refractivity contribution in [2.75, 3.05) is 18.5 Å². The smallest absolute Gasteiger partial charge is 0.422 e. The third-order valence-electron chi connectivity index (χ3n) is 2.26. The molecule has 0 aliphatic heterocycles. The number of amides is 1. The number of carbonyl (C=O) groups is 1. The number of nitrogens with two attached hydrogens (primary N) is 1. The molecule has 1 rings (SSSR count). The molecule has 5 nitrogen and oxygen atoms in total. The van der Waals surface area contributed by atoms with Gasteiger partial charge in [-0.05, 0) is 25.5 Å². The van der Waals surface area contributed by atoms with E-state index in [-0.39, 0.29) is 11.8 Å². The van der Waals surface area contributed by atoms with Crippen LogP contribution in [0.2, 0.25) is 0 Å². The molecule has 0 aliphatic carbocycles. The SMILES string of the molecule is NCCCCC(=O)Nc1ccc(OCC(F)(F)F)nc1. The number of anilines is 1. The number of ether oxygens (including phenoxy) is 1. The fourth-order valence-corrected chi connectivity index (χ4v) is 1.35. The minimum absolute atomic E-state index is 0.150. The average molecular weight is 291 g/mol. The number of pyridine rings is 1. The maximum atomic E-state index is 11.9. The monoisotopic (exact) mass is 291 g/mol. The molecule has 1 heterocycles. The molecular weight excluding hydrogens is 275 g/mol. The van der Waals surface area contributed by atoms with Gasteiger partial charge in [0.2, 0.25) is 11.8 Å². The minimum Gasteiger partial charge on any atom is -0.468 e. The molecule has 1 aromatic rings. The van der Waals surface area contributed by atoms with Crippen LogP contribution in [0.25, 0.3) is 0 Å². The summed E-state index contributed by atoms with van der Waals surface area (Å²) in [7, 11) is 0. The van der Waals surface area contributed by atoms with Gasteiger partial charge in [0, 0.05) is 12.5 Å². The van der Waals surface area contributed by atoms with Gasteiger partial charge in [0.15, 0.2) is 6.61 Å². The Morgan fingerprint density at radius 3 is 2.65 bits per heavy atom. The highest BCUT2D eigenvalue weighted by atomic mass is 19.4. The first-order valence-electron chi connectivity index (χ1n) is 6.06. The van der Waals surface area contributed by atoms with Crippen molar-refractivity contribution < 1.29 is 22.7 Å². The van der Waals surface area contributed by atoms with Gasteiger partial charge in [-0.1, -0.05) is 0 Å². The fourth-order valence-electron chi connectivity index (χ4n) is 1.35. The van der Waals surface area contributed by atoms with E-state index in [4.69, 9.17) is 5.73 Å².